The van der Waals surface area contributed by atoms with Gasteiger partial charge in [0.25, 0.3) is 0 Å². The molecule has 0 radical (unpaired) electrons. The van der Waals surface area contributed by atoms with Crippen LogP contribution in [-0.4, -0.2) is 48.0 Å². The van der Waals surface area contributed by atoms with Gasteiger partial charge in [-0.05, 0) is 31.2 Å². The van der Waals surface area contributed by atoms with E-state index in [9.17, 15) is 4.79 Å². The monoisotopic (exact) mass is 317 g/mol. The van der Waals surface area contributed by atoms with Crippen molar-refractivity contribution < 1.29 is 14.3 Å². The van der Waals surface area contributed by atoms with Gasteiger partial charge in [0.1, 0.15) is 0 Å². The Labute approximate surface area is 134 Å². The largest absolute Gasteiger partial charge is 0.462 e. The first-order valence-corrected chi connectivity index (χ1v) is 7.19. The summed E-state index contributed by atoms with van der Waals surface area (Å²) in [4.78, 5) is 15.9. The van der Waals surface area contributed by atoms with E-state index >= 15 is 0 Å². The van der Waals surface area contributed by atoms with Crippen molar-refractivity contribution >= 4 is 23.4 Å². The van der Waals surface area contributed by atoms with E-state index in [2.05, 4.69) is 25.8 Å². The molecule has 2 N–H and O–H groups in total. The normalized spacial score (nSPS) is 10.2. The number of anilines is 3. The van der Waals surface area contributed by atoms with E-state index < -0.39 is 0 Å². The number of ether oxygens (including phenoxy) is 2. The van der Waals surface area contributed by atoms with Gasteiger partial charge in [0.2, 0.25) is 5.95 Å². The molecular formula is C15H19N5O3. The molecule has 0 amide bonds. The number of nitrogens with zero attached hydrogens (tertiary/aromatic N) is 3. The van der Waals surface area contributed by atoms with Crippen molar-refractivity contribution in [3.63, 3.8) is 0 Å². The van der Waals surface area contributed by atoms with E-state index in [1.807, 2.05) is 0 Å². The molecule has 0 atom stereocenters. The first-order valence-electron chi connectivity index (χ1n) is 7.19. The van der Waals surface area contributed by atoms with Crippen molar-refractivity contribution in [1.29, 1.82) is 0 Å². The van der Waals surface area contributed by atoms with E-state index in [1.165, 1.54) is 6.20 Å². The second kappa shape index (κ2) is 8.64. The minimum Gasteiger partial charge on any atom is -0.462 e. The molecule has 0 unspecified atom stereocenters. The maximum atomic E-state index is 11.6. The number of hydrogen-bond acceptors (Lipinski definition) is 8. The van der Waals surface area contributed by atoms with Crippen LogP contribution in [0.4, 0.5) is 17.5 Å². The molecule has 0 bridgehead atoms. The number of carbonyl (C=O) groups excluding carboxylic acids is 1. The van der Waals surface area contributed by atoms with Gasteiger partial charge in [-0.3, -0.25) is 0 Å². The Kier molecular flexibility index (Phi) is 6.25. The third-order valence-corrected chi connectivity index (χ3v) is 2.82. The zero-order valence-corrected chi connectivity index (χ0v) is 13.1. The number of aromatic nitrogens is 3. The summed E-state index contributed by atoms with van der Waals surface area (Å²) in [5.74, 6) is 0.617. The lowest BCUT2D eigenvalue weighted by atomic mass is 10.2. The summed E-state index contributed by atoms with van der Waals surface area (Å²) < 4.78 is 9.89. The van der Waals surface area contributed by atoms with Crippen LogP contribution in [0.15, 0.2) is 30.5 Å². The lowest BCUT2D eigenvalue weighted by Gasteiger charge is -2.08. The summed E-state index contributed by atoms with van der Waals surface area (Å²) in [6.45, 7) is 3.27. The van der Waals surface area contributed by atoms with Crippen LogP contribution in [0.1, 0.15) is 17.3 Å². The third-order valence-electron chi connectivity index (χ3n) is 2.82. The van der Waals surface area contributed by atoms with Gasteiger partial charge in [-0.1, -0.05) is 0 Å². The van der Waals surface area contributed by atoms with Crippen LogP contribution in [-0.2, 0) is 9.47 Å². The van der Waals surface area contributed by atoms with Crippen LogP contribution in [0, 0.1) is 0 Å². The van der Waals surface area contributed by atoms with E-state index in [0.717, 1.165) is 5.69 Å². The summed E-state index contributed by atoms with van der Waals surface area (Å²) in [6, 6.07) is 6.91. The van der Waals surface area contributed by atoms with Gasteiger partial charge in [0.05, 0.1) is 25.0 Å². The number of carbonyl (C=O) groups is 1. The topological polar surface area (TPSA) is 98.3 Å². The van der Waals surface area contributed by atoms with Crippen molar-refractivity contribution in [3.8, 4) is 0 Å². The number of hydrogen-bond donors (Lipinski definition) is 2. The molecule has 0 aliphatic carbocycles. The number of methoxy groups -OCH3 is 1. The second-order valence-corrected chi connectivity index (χ2v) is 4.51. The number of esters is 1. The summed E-state index contributed by atoms with van der Waals surface area (Å²) in [7, 11) is 1.62. The number of nitrogens with one attached hydrogen (secondary N) is 2. The Morgan fingerprint density at radius 2 is 2.04 bits per heavy atom. The molecule has 2 aromatic rings. The average molecular weight is 317 g/mol. The fourth-order valence-corrected chi connectivity index (χ4v) is 1.76. The summed E-state index contributed by atoms with van der Waals surface area (Å²) in [5.41, 5.74) is 1.28. The molecular weight excluding hydrogens is 298 g/mol. The van der Waals surface area contributed by atoms with Gasteiger partial charge in [-0.2, -0.15) is 10.1 Å². The molecule has 2 rings (SSSR count). The minimum absolute atomic E-state index is 0.340. The van der Waals surface area contributed by atoms with Crippen LogP contribution < -0.4 is 10.6 Å². The van der Waals surface area contributed by atoms with Gasteiger partial charge < -0.3 is 20.1 Å². The Hall–Kier alpha value is -2.74. The minimum atomic E-state index is -0.340. The van der Waals surface area contributed by atoms with Gasteiger partial charge in [0, 0.05) is 19.3 Å². The molecule has 0 aliphatic rings. The fraction of sp³-hybridized carbons (Fsp3) is 0.333. The Bertz CT molecular complexity index is 633. The van der Waals surface area contributed by atoms with Crippen molar-refractivity contribution in [3.05, 3.63) is 36.0 Å². The van der Waals surface area contributed by atoms with E-state index in [1.54, 1.807) is 38.3 Å². The quantitative estimate of drug-likeness (QED) is 0.562. The molecule has 8 heteroatoms. The molecule has 8 nitrogen and oxygen atoms in total. The van der Waals surface area contributed by atoms with Crippen molar-refractivity contribution in [1.82, 2.24) is 15.2 Å². The number of rotatable bonds is 8. The predicted molar refractivity (Wildman–Crippen MR) is 85.9 cm³/mol. The highest BCUT2D eigenvalue weighted by Gasteiger charge is 2.06. The van der Waals surface area contributed by atoms with Gasteiger partial charge in [-0.25, -0.2) is 4.79 Å². The molecule has 0 saturated carbocycles. The van der Waals surface area contributed by atoms with Crippen LogP contribution >= 0.6 is 0 Å². The Morgan fingerprint density at radius 1 is 1.26 bits per heavy atom. The SMILES string of the molecule is CCOC(=O)c1ccc(Nc2cnnc(NCCOC)n2)cc1. The molecule has 1 heterocycles. The van der Waals surface area contributed by atoms with Crippen LogP contribution in [0.2, 0.25) is 0 Å². The zero-order valence-electron chi connectivity index (χ0n) is 13.1. The standard InChI is InChI=1S/C15H19N5O3/c1-3-23-14(21)11-4-6-12(7-5-11)18-13-10-17-20-15(19-13)16-8-9-22-2/h4-7,10H,3,8-9H2,1-2H3,(H2,16,18,19,20). The first kappa shape index (κ1) is 16.6. The maximum absolute atomic E-state index is 11.6. The van der Waals surface area contributed by atoms with Crippen LogP contribution in [0.5, 0.6) is 0 Å². The molecule has 0 aliphatic heterocycles. The predicted octanol–water partition coefficient (Wildman–Crippen LogP) is 1.85. The number of benzene rings is 1. The highest BCUT2D eigenvalue weighted by atomic mass is 16.5. The highest BCUT2D eigenvalue weighted by molar-refractivity contribution is 5.89. The average Bonchev–Trinajstić information content (AvgIpc) is 2.56. The first-order chi connectivity index (χ1) is 11.2. The lowest BCUT2D eigenvalue weighted by molar-refractivity contribution is 0.0526. The Morgan fingerprint density at radius 3 is 2.74 bits per heavy atom. The fourth-order valence-electron chi connectivity index (χ4n) is 1.76. The van der Waals surface area contributed by atoms with E-state index in [4.69, 9.17) is 9.47 Å². The molecule has 23 heavy (non-hydrogen) atoms. The summed E-state index contributed by atoms with van der Waals surface area (Å²) in [6.07, 6.45) is 1.51. The lowest BCUT2D eigenvalue weighted by Crippen LogP contribution is -2.11. The molecule has 0 fully saturated rings. The van der Waals surface area contributed by atoms with Crippen molar-refractivity contribution in [2.75, 3.05) is 37.5 Å². The van der Waals surface area contributed by atoms with Gasteiger partial charge in [-0.15, -0.1) is 5.10 Å². The smallest absolute Gasteiger partial charge is 0.338 e. The molecule has 0 saturated heterocycles. The van der Waals surface area contributed by atoms with Crippen LogP contribution in [0.3, 0.4) is 0 Å². The molecule has 0 spiro atoms. The van der Waals surface area contributed by atoms with E-state index in [0.29, 0.717) is 37.1 Å². The summed E-state index contributed by atoms with van der Waals surface area (Å²) >= 11 is 0. The van der Waals surface area contributed by atoms with Gasteiger partial charge in [0.15, 0.2) is 5.82 Å². The maximum Gasteiger partial charge on any atom is 0.338 e. The zero-order chi connectivity index (χ0) is 16.5. The highest BCUT2D eigenvalue weighted by Crippen LogP contribution is 2.15. The van der Waals surface area contributed by atoms with E-state index in [-0.39, 0.29) is 5.97 Å². The molecule has 1 aromatic heterocycles. The van der Waals surface area contributed by atoms with Crippen molar-refractivity contribution in [2.45, 2.75) is 6.92 Å². The van der Waals surface area contributed by atoms with Crippen molar-refractivity contribution in [2.24, 2.45) is 0 Å². The third kappa shape index (κ3) is 5.19. The van der Waals surface area contributed by atoms with Gasteiger partial charge >= 0.3 is 5.97 Å². The van der Waals surface area contributed by atoms with Crippen LogP contribution in [0.25, 0.3) is 0 Å². The summed E-state index contributed by atoms with van der Waals surface area (Å²) in [5, 5.41) is 13.9. The molecule has 1 aromatic carbocycles. The molecule has 122 valence electrons. The Balaban J connectivity index is 1.98. The second-order valence-electron chi connectivity index (χ2n) is 4.51.